The standard InChI is InChI=1S/C12H12N2O3/c1-8-10(6-14(2)13-8)12(16)5-11(15)9-3-4-17-7-9/h3-4,6-7H,5H2,1-2H3. The second-order valence-electron chi connectivity index (χ2n) is 3.84. The maximum absolute atomic E-state index is 11.9. The SMILES string of the molecule is Cc1nn(C)cc1C(=O)CC(=O)c1ccoc1. The maximum Gasteiger partial charge on any atom is 0.174 e. The van der Waals surface area contributed by atoms with Gasteiger partial charge >= 0.3 is 0 Å². The van der Waals surface area contributed by atoms with Crippen LogP contribution in [-0.4, -0.2) is 21.3 Å². The number of hydrogen-bond acceptors (Lipinski definition) is 4. The van der Waals surface area contributed by atoms with Gasteiger partial charge in [0.05, 0.1) is 29.5 Å². The summed E-state index contributed by atoms with van der Waals surface area (Å²) in [5.41, 5.74) is 1.54. The van der Waals surface area contributed by atoms with Gasteiger partial charge in [-0.25, -0.2) is 0 Å². The number of ketones is 2. The molecule has 2 aromatic heterocycles. The number of nitrogens with zero attached hydrogens (tertiary/aromatic N) is 2. The van der Waals surface area contributed by atoms with Crippen molar-refractivity contribution >= 4 is 11.6 Å². The molecule has 5 nitrogen and oxygen atoms in total. The zero-order valence-electron chi connectivity index (χ0n) is 9.64. The number of hydrogen-bond donors (Lipinski definition) is 0. The minimum atomic E-state index is -0.244. The van der Waals surface area contributed by atoms with Crippen molar-refractivity contribution < 1.29 is 14.0 Å². The fourth-order valence-corrected chi connectivity index (χ4v) is 1.64. The van der Waals surface area contributed by atoms with E-state index in [0.717, 1.165) is 0 Å². The molecule has 0 spiro atoms. The maximum atomic E-state index is 11.9. The van der Waals surface area contributed by atoms with Crippen LogP contribution in [0.2, 0.25) is 0 Å². The first-order valence-electron chi connectivity index (χ1n) is 5.17. The van der Waals surface area contributed by atoms with Crippen LogP contribution in [0.1, 0.15) is 32.8 Å². The Hall–Kier alpha value is -2.17. The first-order chi connectivity index (χ1) is 8.08. The van der Waals surface area contributed by atoms with Gasteiger partial charge in [-0.05, 0) is 13.0 Å². The van der Waals surface area contributed by atoms with Crippen LogP contribution in [0.4, 0.5) is 0 Å². The van der Waals surface area contributed by atoms with Gasteiger partial charge in [-0.3, -0.25) is 14.3 Å². The molecule has 0 saturated heterocycles. The first kappa shape index (κ1) is 11.3. The van der Waals surface area contributed by atoms with E-state index in [1.54, 1.807) is 30.9 Å². The summed E-state index contributed by atoms with van der Waals surface area (Å²) in [6.45, 7) is 1.75. The monoisotopic (exact) mass is 232 g/mol. The Morgan fingerprint density at radius 2 is 2.18 bits per heavy atom. The Labute approximate surface area is 98.0 Å². The van der Waals surface area contributed by atoms with Gasteiger partial charge in [-0.15, -0.1) is 0 Å². The molecular weight excluding hydrogens is 220 g/mol. The highest BCUT2D eigenvalue weighted by Crippen LogP contribution is 2.11. The highest BCUT2D eigenvalue weighted by molar-refractivity contribution is 6.13. The number of carbonyl (C=O) groups excluding carboxylic acids is 2. The first-order valence-corrected chi connectivity index (χ1v) is 5.17. The van der Waals surface area contributed by atoms with Crippen molar-refractivity contribution in [2.24, 2.45) is 7.05 Å². The lowest BCUT2D eigenvalue weighted by molar-refractivity contribution is 0.0893. The van der Waals surface area contributed by atoms with Crippen molar-refractivity contribution in [3.05, 3.63) is 41.6 Å². The van der Waals surface area contributed by atoms with E-state index < -0.39 is 0 Å². The predicted molar refractivity (Wildman–Crippen MR) is 59.9 cm³/mol. The largest absolute Gasteiger partial charge is 0.472 e. The number of aryl methyl sites for hydroxylation is 2. The highest BCUT2D eigenvalue weighted by atomic mass is 16.3. The molecule has 0 aliphatic heterocycles. The number of Topliss-reactive ketones (excluding diaryl/α,β-unsaturated/α-hetero) is 2. The fourth-order valence-electron chi connectivity index (χ4n) is 1.64. The normalized spacial score (nSPS) is 10.5. The van der Waals surface area contributed by atoms with Crippen LogP contribution in [0, 0.1) is 6.92 Å². The molecule has 0 radical (unpaired) electrons. The van der Waals surface area contributed by atoms with Gasteiger partial charge in [0.15, 0.2) is 11.6 Å². The fraction of sp³-hybridized carbons (Fsp3) is 0.250. The summed E-state index contributed by atoms with van der Waals surface area (Å²) in [4.78, 5) is 23.6. The Morgan fingerprint density at radius 1 is 1.41 bits per heavy atom. The molecule has 17 heavy (non-hydrogen) atoms. The topological polar surface area (TPSA) is 65.1 Å². The summed E-state index contributed by atoms with van der Waals surface area (Å²) >= 11 is 0. The molecule has 0 N–H and O–H groups in total. The van der Waals surface area contributed by atoms with Gasteiger partial charge in [-0.2, -0.15) is 5.10 Å². The molecule has 0 aromatic carbocycles. The van der Waals surface area contributed by atoms with Crippen molar-refractivity contribution in [3.63, 3.8) is 0 Å². The van der Waals surface area contributed by atoms with Crippen LogP contribution in [0.3, 0.4) is 0 Å². The van der Waals surface area contributed by atoms with Crippen LogP contribution in [0.5, 0.6) is 0 Å². The molecule has 0 aliphatic carbocycles. The zero-order valence-corrected chi connectivity index (χ0v) is 9.64. The average Bonchev–Trinajstić information content (AvgIpc) is 2.87. The third kappa shape index (κ3) is 2.33. The minimum absolute atomic E-state index is 0.161. The number of aromatic nitrogens is 2. The second kappa shape index (κ2) is 4.37. The summed E-state index contributed by atoms with van der Waals surface area (Å²) in [6, 6.07) is 1.55. The van der Waals surface area contributed by atoms with E-state index >= 15 is 0 Å². The van der Waals surface area contributed by atoms with E-state index in [1.807, 2.05) is 0 Å². The quantitative estimate of drug-likeness (QED) is 0.595. The molecule has 5 heteroatoms. The van der Waals surface area contributed by atoms with Gasteiger partial charge in [0.1, 0.15) is 6.26 Å². The van der Waals surface area contributed by atoms with Crippen molar-refractivity contribution in [3.8, 4) is 0 Å². The lowest BCUT2D eigenvalue weighted by atomic mass is 10.0. The molecule has 0 bridgehead atoms. The highest BCUT2D eigenvalue weighted by Gasteiger charge is 2.17. The minimum Gasteiger partial charge on any atom is -0.472 e. The van der Waals surface area contributed by atoms with Crippen LogP contribution in [0.25, 0.3) is 0 Å². The summed E-state index contributed by atoms with van der Waals surface area (Å²) in [5.74, 6) is -0.464. The molecule has 88 valence electrons. The zero-order chi connectivity index (χ0) is 12.4. The van der Waals surface area contributed by atoms with E-state index in [4.69, 9.17) is 4.42 Å². The number of rotatable bonds is 4. The van der Waals surface area contributed by atoms with Crippen molar-refractivity contribution in [2.75, 3.05) is 0 Å². The molecule has 0 aliphatic rings. The molecule has 0 atom stereocenters. The molecule has 2 rings (SSSR count). The van der Waals surface area contributed by atoms with Crippen molar-refractivity contribution in [1.29, 1.82) is 0 Å². The Bertz CT molecular complexity index is 552. The summed E-state index contributed by atoms with van der Waals surface area (Å²) in [6.07, 6.45) is 4.21. The van der Waals surface area contributed by atoms with E-state index in [-0.39, 0.29) is 18.0 Å². The molecule has 0 unspecified atom stereocenters. The lowest BCUT2D eigenvalue weighted by Crippen LogP contribution is -2.08. The predicted octanol–water partition coefficient (Wildman–Crippen LogP) is 1.78. The molecule has 0 amide bonds. The Balaban J connectivity index is 2.12. The molecule has 0 fully saturated rings. The molecule has 2 aromatic rings. The van der Waals surface area contributed by atoms with Crippen molar-refractivity contribution in [1.82, 2.24) is 9.78 Å². The van der Waals surface area contributed by atoms with Crippen molar-refractivity contribution in [2.45, 2.75) is 13.3 Å². The van der Waals surface area contributed by atoms with E-state index in [1.165, 1.54) is 12.5 Å². The Morgan fingerprint density at radius 3 is 2.71 bits per heavy atom. The van der Waals surface area contributed by atoms with Crippen LogP contribution >= 0.6 is 0 Å². The van der Waals surface area contributed by atoms with Gasteiger partial charge in [0.25, 0.3) is 0 Å². The third-order valence-electron chi connectivity index (χ3n) is 2.48. The molecule has 2 heterocycles. The average molecular weight is 232 g/mol. The van der Waals surface area contributed by atoms with E-state index in [0.29, 0.717) is 16.8 Å². The van der Waals surface area contributed by atoms with Gasteiger partial charge in [0.2, 0.25) is 0 Å². The molecular formula is C12H12N2O3. The summed E-state index contributed by atoms with van der Waals surface area (Å²) in [5, 5.41) is 4.07. The number of furan rings is 1. The van der Waals surface area contributed by atoms with E-state index in [9.17, 15) is 9.59 Å². The number of carbonyl (C=O) groups is 2. The summed E-state index contributed by atoms with van der Waals surface area (Å²) in [7, 11) is 1.74. The van der Waals surface area contributed by atoms with Gasteiger partial charge in [-0.1, -0.05) is 0 Å². The smallest absolute Gasteiger partial charge is 0.174 e. The Kier molecular flexibility index (Phi) is 2.91. The van der Waals surface area contributed by atoms with E-state index in [2.05, 4.69) is 5.10 Å². The van der Waals surface area contributed by atoms with Crippen LogP contribution < -0.4 is 0 Å². The van der Waals surface area contributed by atoms with Gasteiger partial charge in [0, 0.05) is 13.2 Å². The lowest BCUT2D eigenvalue weighted by Gasteiger charge is -1.96. The van der Waals surface area contributed by atoms with Crippen LogP contribution in [-0.2, 0) is 7.05 Å². The second-order valence-corrected chi connectivity index (χ2v) is 3.84. The van der Waals surface area contributed by atoms with Gasteiger partial charge < -0.3 is 4.42 Å². The van der Waals surface area contributed by atoms with Crippen LogP contribution in [0.15, 0.2) is 29.2 Å². The third-order valence-corrected chi connectivity index (χ3v) is 2.48. The molecule has 0 saturated carbocycles. The summed E-state index contributed by atoms with van der Waals surface area (Å²) < 4.78 is 6.36.